The summed E-state index contributed by atoms with van der Waals surface area (Å²) >= 11 is 8.21. The molecule has 0 aliphatic rings. The molecule has 0 unspecified atom stereocenters. The number of halogens is 2. The lowest BCUT2D eigenvalue weighted by Gasteiger charge is -2.04. The lowest BCUT2D eigenvalue weighted by molar-refractivity contribution is -0.137. The highest BCUT2D eigenvalue weighted by atomic mass is 127. The number of aryl methyl sites for hydroxylation is 1. The van der Waals surface area contributed by atoms with Gasteiger partial charge in [-0.3, -0.25) is 4.79 Å². The number of carbonyl (C=O) groups is 1. The fraction of sp³-hybridized carbons (Fsp3) is 0.273. The molecule has 0 radical (unpaired) electrons. The van der Waals surface area contributed by atoms with E-state index < -0.39 is 5.97 Å². The van der Waals surface area contributed by atoms with Crippen molar-refractivity contribution in [2.75, 3.05) is 0 Å². The van der Waals surface area contributed by atoms with E-state index in [-0.39, 0.29) is 6.42 Å². The third-order valence-electron chi connectivity index (χ3n) is 2.47. The Morgan fingerprint density at radius 1 is 1.47 bits per heavy atom. The van der Waals surface area contributed by atoms with Crippen molar-refractivity contribution in [3.05, 3.63) is 26.8 Å². The van der Waals surface area contributed by atoms with Crippen molar-refractivity contribution in [1.29, 1.82) is 0 Å². The largest absolute Gasteiger partial charge is 0.481 e. The average Bonchev–Trinajstić information content (AvgIpc) is 2.80. The molecule has 0 saturated carbocycles. The first kappa shape index (κ1) is 14.2. The van der Waals surface area contributed by atoms with Gasteiger partial charge in [0.1, 0.15) is 0 Å². The monoisotopic (exact) mass is 392 g/mol. The number of rotatable bonds is 5. The minimum absolute atomic E-state index is 0.0900. The number of hydrogen-bond acceptors (Lipinski definition) is 4. The van der Waals surface area contributed by atoms with Crippen LogP contribution in [-0.4, -0.2) is 31.3 Å². The first-order chi connectivity index (χ1) is 9.08. The second-order valence-corrected chi connectivity index (χ2v) is 5.42. The van der Waals surface area contributed by atoms with Gasteiger partial charge in [0.15, 0.2) is 5.82 Å². The van der Waals surface area contributed by atoms with Gasteiger partial charge in [0.05, 0.1) is 5.02 Å². The Bertz CT molecular complexity index is 602. The predicted molar refractivity (Wildman–Crippen MR) is 77.8 cm³/mol. The number of benzene rings is 1. The predicted octanol–water partition coefficient (Wildman–Crippen LogP) is 2.46. The molecule has 19 heavy (non-hydrogen) atoms. The summed E-state index contributed by atoms with van der Waals surface area (Å²) < 4.78 is 2.54. The highest BCUT2D eigenvalue weighted by Gasteiger charge is 2.10. The molecule has 1 aromatic carbocycles. The van der Waals surface area contributed by atoms with Crippen LogP contribution in [0, 0.1) is 3.57 Å². The van der Waals surface area contributed by atoms with Gasteiger partial charge in [-0.2, -0.15) is 0 Å². The van der Waals surface area contributed by atoms with E-state index in [1.165, 1.54) is 0 Å². The van der Waals surface area contributed by atoms with E-state index in [4.69, 9.17) is 16.7 Å². The summed E-state index contributed by atoms with van der Waals surface area (Å²) in [6, 6.07) is 5.56. The second-order valence-electron chi connectivity index (χ2n) is 3.85. The van der Waals surface area contributed by atoms with E-state index in [2.05, 4.69) is 38.1 Å². The number of tetrazole rings is 1. The zero-order chi connectivity index (χ0) is 13.8. The maximum Gasteiger partial charge on any atom is 0.303 e. The first-order valence-electron chi connectivity index (χ1n) is 5.51. The summed E-state index contributed by atoms with van der Waals surface area (Å²) in [5, 5.41) is 20.7. The molecule has 8 heteroatoms. The quantitative estimate of drug-likeness (QED) is 0.791. The first-order valence-corrected chi connectivity index (χ1v) is 6.97. The molecule has 0 spiro atoms. The summed E-state index contributed by atoms with van der Waals surface area (Å²) in [6.07, 6.45) is 0.568. The fourth-order valence-corrected chi connectivity index (χ4v) is 2.09. The van der Waals surface area contributed by atoms with Gasteiger partial charge >= 0.3 is 5.97 Å². The SMILES string of the molecule is O=C(O)CCCn1nnnc1-c1ccc(I)c(Cl)c1. The number of aliphatic carboxylic acids is 1. The van der Waals surface area contributed by atoms with Crippen molar-refractivity contribution in [3.8, 4) is 11.4 Å². The van der Waals surface area contributed by atoms with E-state index in [1.807, 2.05) is 12.1 Å². The minimum atomic E-state index is -0.827. The lowest BCUT2D eigenvalue weighted by Crippen LogP contribution is -2.05. The van der Waals surface area contributed by atoms with Crippen LogP contribution in [-0.2, 0) is 11.3 Å². The molecule has 6 nitrogen and oxygen atoms in total. The maximum atomic E-state index is 10.5. The molecule has 1 aromatic heterocycles. The van der Waals surface area contributed by atoms with Crippen molar-refractivity contribution in [2.24, 2.45) is 0 Å². The molecule has 0 bridgehead atoms. The van der Waals surface area contributed by atoms with E-state index in [1.54, 1.807) is 10.7 Å². The van der Waals surface area contributed by atoms with Gasteiger partial charge < -0.3 is 5.11 Å². The molecule has 0 atom stereocenters. The summed E-state index contributed by atoms with van der Waals surface area (Å²) in [6.45, 7) is 0.457. The molecule has 2 aromatic rings. The normalized spacial score (nSPS) is 10.6. The van der Waals surface area contributed by atoms with Gasteiger partial charge in [0, 0.05) is 22.1 Å². The molecule has 0 saturated heterocycles. The average molecular weight is 393 g/mol. The van der Waals surface area contributed by atoms with Gasteiger partial charge in [-0.1, -0.05) is 11.6 Å². The van der Waals surface area contributed by atoms with Crippen molar-refractivity contribution in [3.63, 3.8) is 0 Å². The Labute approximate surface area is 127 Å². The second kappa shape index (κ2) is 6.29. The Hall–Kier alpha value is -1.22. The smallest absolute Gasteiger partial charge is 0.303 e. The van der Waals surface area contributed by atoms with Crippen LogP contribution in [0.5, 0.6) is 0 Å². The Balaban J connectivity index is 2.18. The Morgan fingerprint density at radius 2 is 2.26 bits per heavy atom. The van der Waals surface area contributed by atoms with Crippen LogP contribution in [0.1, 0.15) is 12.8 Å². The number of carboxylic acid groups (broad SMARTS) is 1. The van der Waals surface area contributed by atoms with E-state index in [0.717, 1.165) is 9.13 Å². The molecule has 0 aliphatic carbocycles. The standard InChI is InChI=1S/C11H10ClIN4O2/c12-8-6-7(3-4-9(8)13)11-14-15-16-17(11)5-1-2-10(18)19/h3-4,6H,1-2,5H2,(H,18,19). The van der Waals surface area contributed by atoms with Crippen LogP contribution in [0.3, 0.4) is 0 Å². The molecule has 0 aliphatic heterocycles. The van der Waals surface area contributed by atoms with Crippen LogP contribution in [0.15, 0.2) is 18.2 Å². The summed E-state index contributed by atoms with van der Waals surface area (Å²) in [7, 11) is 0. The van der Waals surface area contributed by atoms with Gasteiger partial charge in [0.25, 0.3) is 0 Å². The number of hydrogen-bond donors (Lipinski definition) is 1. The number of nitrogens with zero attached hydrogens (tertiary/aromatic N) is 4. The van der Waals surface area contributed by atoms with E-state index in [9.17, 15) is 4.79 Å². The third-order valence-corrected chi connectivity index (χ3v) is 4.04. The molecular weight excluding hydrogens is 383 g/mol. The topological polar surface area (TPSA) is 80.9 Å². The van der Waals surface area contributed by atoms with E-state index >= 15 is 0 Å². The molecule has 0 fully saturated rings. The van der Waals surface area contributed by atoms with Crippen LogP contribution in [0.2, 0.25) is 5.02 Å². The van der Waals surface area contributed by atoms with Gasteiger partial charge in [0.2, 0.25) is 0 Å². The summed E-state index contributed by atoms with van der Waals surface area (Å²) in [5.41, 5.74) is 0.811. The lowest BCUT2D eigenvalue weighted by atomic mass is 10.2. The Kier molecular flexibility index (Phi) is 4.70. The molecule has 1 N–H and O–H groups in total. The summed E-state index contributed by atoms with van der Waals surface area (Å²) in [5.74, 6) is -0.240. The highest BCUT2D eigenvalue weighted by Crippen LogP contribution is 2.25. The summed E-state index contributed by atoms with van der Waals surface area (Å²) in [4.78, 5) is 10.5. The third kappa shape index (κ3) is 3.63. The number of carboxylic acids is 1. The number of aromatic nitrogens is 4. The van der Waals surface area contributed by atoms with Crippen molar-refractivity contribution in [1.82, 2.24) is 20.2 Å². The molecular formula is C11H10ClIN4O2. The van der Waals surface area contributed by atoms with Gasteiger partial charge in [-0.15, -0.1) is 5.10 Å². The zero-order valence-corrected chi connectivity index (χ0v) is 12.7. The van der Waals surface area contributed by atoms with Crippen LogP contribution in [0.25, 0.3) is 11.4 Å². The molecule has 0 amide bonds. The molecule has 100 valence electrons. The Morgan fingerprint density at radius 3 is 2.95 bits per heavy atom. The van der Waals surface area contributed by atoms with E-state index in [0.29, 0.717) is 23.8 Å². The minimum Gasteiger partial charge on any atom is -0.481 e. The van der Waals surface area contributed by atoms with Gasteiger partial charge in [-0.05, 0) is 57.6 Å². The van der Waals surface area contributed by atoms with Crippen molar-refractivity contribution in [2.45, 2.75) is 19.4 Å². The van der Waals surface area contributed by atoms with Crippen molar-refractivity contribution < 1.29 is 9.90 Å². The fourth-order valence-electron chi connectivity index (χ4n) is 1.58. The van der Waals surface area contributed by atoms with Gasteiger partial charge in [-0.25, -0.2) is 4.68 Å². The van der Waals surface area contributed by atoms with Crippen LogP contribution >= 0.6 is 34.2 Å². The van der Waals surface area contributed by atoms with Crippen molar-refractivity contribution >= 4 is 40.2 Å². The molecule has 1 heterocycles. The molecule has 2 rings (SSSR count). The van der Waals surface area contributed by atoms with Crippen LogP contribution < -0.4 is 0 Å². The maximum absolute atomic E-state index is 10.5. The van der Waals surface area contributed by atoms with Crippen LogP contribution in [0.4, 0.5) is 0 Å². The zero-order valence-electron chi connectivity index (χ0n) is 9.75. The highest BCUT2D eigenvalue weighted by molar-refractivity contribution is 14.1.